The van der Waals surface area contributed by atoms with Crippen LogP contribution in [0.5, 0.6) is 0 Å². The van der Waals surface area contributed by atoms with E-state index in [-0.39, 0.29) is 11.3 Å². The zero-order valence-corrected chi connectivity index (χ0v) is 17.2. The molecule has 154 valence electrons. The highest BCUT2D eigenvalue weighted by Gasteiger charge is 2.47. The van der Waals surface area contributed by atoms with Crippen LogP contribution in [0.2, 0.25) is 0 Å². The maximum absolute atomic E-state index is 12.9. The highest BCUT2D eigenvalue weighted by Crippen LogP contribution is 2.39. The van der Waals surface area contributed by atoms with Crippen LogP contribution in [0.1, 0.15) is 43.2 Å². The summed E-state index contributed by atoms with van der Waals surface area (Å²) in [7, 11) is 0. The van der Waals surface area contributed by atoms with Gasteiger partial charge in [-0.15, -0.1) is 0 Å². The van der Waals surface area contributed by atoms with Crippen LogP contribution in [-0.4, -0.2) is 52.8 Å². The topological polar surface area (TPSA) is 74.0 Å². The van der Waals surface area contributed by atoms with Crippen molar-refractivity contribution in [3.63, 3.8) is 0 Å². The van der Waals surface area contributed by atoms with Gasteiger partial charge in [-0.05, 0) is 45.1 Å². The van der Waals surface area contributed by atoms with Crippen LogP contribution >= 0.6 is 0 Å². The number of hydrogen-bond donors (Lipinski definition) is 1. The molecule has 1 atom stereocenters. The first-order valence-electron chi connectivity index (χ1n) is 10.1. The summed E-state index contributed by atoms with van der Waals surface area (Å²) in [6.45, 7) is 9.26. The minimum Gasteiger partial charge on any atom is -0.507 e. The van der Waals surface area contributed by atoms with Gasteiger partial charge in [0.05, 0.1) is 11.8 Å². The molecule has 1 aliphatic heterocycles. The molecule has 1 unspecified atom stereocenters. The Kier molecular flexibility index (Phi) is 6.54. The summed E-state index contributed by atoms with van der Waals surface area (Å²) in [5, 5.41) is 10.9. The fourth-order valence-electron chi connectivity index (χ4n) is 3.72. The van der Waals surface area contributed by atoms with Crippen molar-refractivity contribution in [1.82, 2.24) is 9.80 Å². The summed E-state index contributed by atoms with van der Waals surface area (Å²) in [5.74, 6) is -0.969. The Balaban J connectivity index is 1.95. The first kappa shape index (κ1) is 20.9. The van der Waals surface area contributed by atoms with Gasteiger partial charge in [0.15, 0.2) is 0 Å². The third-order valence-corrected chi connectivity index (χ3v) is 5.45. The third-order valence-electron chi connectivity index (χ3n) is 5.45. The molecule has 0 bridgehead atoms. The van der Waals surface area contributed by atoms with Crippen molar-refractivity contribution in [1.29, 1.82) is 0 Å². The molecule has 0 aliphatic carbocycles. The van der Waals surface area contributed by atoms with Gasteiger partial charge in [0.1, 0.15) is 17.6 Å². The van der Waals surface area contributed by atoms with Gasteiger partial charge < -0.3 is 19.3 Å². The van der Waals surface area contributed by atoms with Crippen LogP contribution in [0.25, 0.3) is 5.76 Å². The van der Waals surface area contributed by atoms with E-state index in [1.54, 1.807) is 24.3 Å². The van der Waals surface area contributed by atoms with Crippen molar-refractivity contribution in [3.8, 4) is 0 Å². The van der Waals surface area contributed by atoms with E-state index in [9.17, 15) is 14.7 Å². The van der Waals surface area contributed by atoms with Gasteiger partial charge in [0.25, 0.3) is 11.7 Å². The molecule has 2 heterocycles. The molecule has 1 N–H and O–H groups in total. The maximum Gasteiger partial charge on any atom is 0.295 e. The number of likely N-dealkylation sites (tertiary alicyclic amines) is 1. The Hall–Kier alpha value is -2.86. The van der Waals surface area contributed by atoms with Gasteiger partial charge >= 0.3 is 0 Å². The van der Waals surface area contributed by atoms with Crippen LogP contribution < -0.4 is 0 Å². The summed E-state index contributed by atoms with van der Waals surface area (Å²) < 4.78 is 5.55. The Morgan fingerprint density at radius 2 is 1.83 bits per heavy atom. The molecule has 1 aromatic carbocycles. The van der Waals surface area contributed by atoms with Gasteiger partial charge in [0.2, 0.25) is 0 Å². The molecule has 1 aromatic heterocycles. The monoisotopic (exact) mass is 396 g/mol. The number of Topliss-reactive ketones (excluding diaryl/α,β-unsaturated/α-hetero) is 1. The Bertz CT molecular complexity index is 880. The zero-order valence-electron chi connectivity index (χ0n) is 17.2. The van der Waals surface area contributed by atoms with E-state index in [4.69, 9.17) is 4.42 Å². The molecular formula is C23H28N2O4. The molecule has 1 fully saturated rings. The lowest BCUT2D eigenvalue weighted by atomic mass is 9.99. The highest BCUT2D eigenvalue weighted by molar-refractivity contribution is 6.46. The minimum absolute atomic E-state index is 0.0802. The number of carbonyl (C=O) groups excluding carboxylic acids is 2. The van der Waals surface area contributed by atoms with Crippen LogP contribution in [-0.2, 0) is 9.59 Å². The van der Waals surface area contributed by atoms with E-state index >= 15 is 0 Å². The predicted octanol–water partition coefficient (Wildman–Crippen LogP) is 3.74. The smallest absolute Gasteiger partial charge is 0.295 e. The lowest BCUT2D eigenvalue weighted by molar-refractivity contribution is -0.140. The van der Waals surface area contributed by atoms with E-state index in [2.05, 4.69) is 18.7 Å². The number of rotatable bonds is 8. The molecule has 1 aliphatic rings. The number of carbonyl (C=O) groups is 2. The molecule has 1 amide bonds. The van der Waals surface area contributed by atoms with Crippen molar-refractivity contribution in [2.75, 3.05) is 26.2 Å². The highest BCUT2D eigenvalue weighted by atomic mass is 16.3. The van der Waals surface area contributed by atoms with Gasteiger partial charge in [-0.3, -0.25) is 9.59 Å². The first-order valence-corrected chi connectivity index (χ1v) is 10.1. The van der Waals surface area contributed by atoms with Gasteiger partial charge in [0, 0.05) is 12.1 Å². The maximum atomic E-state index is 12.9. The molecule has 0 saturated carbocycles. The average molecular weight is 396 g/mol. The fourth-order valence-corrected chi connectivity index (χ4v) is 3.72. The van der Waals surface area contributed by atoms with Crippen molar-refractivity contribution in [3.05, 3.63) is 65.1 Å². The van der Waals surface area contributed by atoms with E-state index in [1.807, 2.05) is 19.1 Å². The van der Waals surface area contributed by atoms with Crippen LogP contribution in [0.4, 0.5) is 0 Å². The number of amides is 1. The Morgan fingerprint density at radius 3 is 2.41 bits per heavy atom. The largest absolute Gasteiger partial charge is 0.507 e. The number of hydrogen-bond acceptors (Lipinski definition) is 5. The van der Waals surface area contributed by atoms with Crippen molar-refractivity contribution in [2.24, 2.45) is 0 Å². The molecule has 0 spiro atoms. The quantitative estimate of drug-likeness (QED) is 0.418. The molecule has 29 heavy (non-hydrogen) atoms. The molecule has 6 nitrogen and oxygen atoms in total. The lowest BCUT2D eigenvalue weighted by Gasteiger charge is -2.25. The SMILES string of the molecule is CCN(CC)CCCN1C(=O)C(=O)C(=C(O)c2ccc(C)cc2)C1c1ccco1. The normalized spacial score (nSPS) is 18.8. The second-order valence-electron chi connectivity index (χ2n) is 7.25. The molecule has 2 aromatic rings. The van der Waals surface area contributed by atoms with Crippen LogP contribution in [0.3, 0.4) is 0 Å². The minimum atomic E-state index is -0.719. The lowest BCUT2D eigenvalue weighted by Crippen LogP contribution is -2.33. The summed E-state index contributed by atoms with van der Waals surface area (Å²) in [6, 6.07) is 9.94. The van der Waals surface area contributed by atoms with Crippen LogP contribution in [0, 0.1) is 6.92 Å². The zero-order chi connectivity index (χ0) is 21.0. The standard InChI is InChI=1S/C23H28N2O4/c1-4-24(5-2)13-7-14-25-20(18-8-6-15-29-18)19(22(27)23(25)28)21(26)17-11-9-16(3)10-12-17/h6,8-12,15,20,26H,4-5,7,13-14H2,1-3H3. The average Bonchev–Trinajstić information content (AvgIpc) is 3.33. The second kappa shape index (κ2) is 9.09. The Labute approximate surface area is 171 Å². The molecule has 6 heteroatoms. The third kappa shape index (κ3) is 4.27. The molecular weight excluding hydrogens is 368 g/mol. The predicted molar refractivity (Wildman–Crippen MR) is 111 cm³/mol. The summed E-state index contributed by atoms with van der Waals surface area (Å²) in [6.07, 6.45) is 2.24. The Morgan fingerprint density at radius 1 is 1.14 bits per heavy atom. The van der Waals surface area contributed by atoms with E-state index < -0.39 is 17.7 Å². The van der Waals surface area contributed by atoms with E-state index in [1.165, 1.54) is 11.2 Å². The van der Waals surface area contributed by atoms with Crippen molar-refractivity contribution >= 4 is 17.4 Å². The number of aliphatic hydroxyl groups is 1. The number of aryl methyl sites for hydroxylation is 1. The fraction of sp³-hybridized carbons (Fsp3) is 0.391. The number of nitrogens with zero attached hydrogens (tertiary/aromatic N) is 2. The molecule has 3 rings (SSSR count). The van der Waals surface area contributed by atoms with E-state index in [0.717, 1.165) is 31.6 Å². The molecule has 1 saturated heterocycles. The van der Waals surface area contributed by atoms with Gasteiger partial charge in [-0.2, -0.15) is 0 Å². The second-order valence-corrected chi connectivity index (χ2v) is 7.25. The van der Waals surface area contributed by atoms with Crippen LogP contribution in [0.15, 0.2) is 52.7 Å². The number of ketones is 1. The number of benzene rings is 1. The van der Waals surface area contributed by atoms with Gasteiger partial charge in [-0.25, -0.2) is 0 Å². The first-order chi connectivity index (χ1) is 14.0. The summed E-state index contributed by atoms with van der Waals surface area (Å²) >= 11 is 0. The number of furan rings is 1. The van der Waals surface area contributed by atoms with Crippen molar-refractivity contribution in [2.45, 2.75) is 33.2 Å². The summed E-state index contributed by atoms with van der Waals surface area (Å²) in [5.41, 5.74) is 1.63. The number of aliphatic hydroxyl groups excluding tert-OH is 1. The summed E-state index contributed by atoms with van der Waals surface area (Å²) in [4.78, 5) is 29.4. The van der Waals surface area contributed by atoms with Crippen molar-refractivity contribution < 1.29 is 19.1 Å². The molecule has 0 radical (unpaired) electrons. The van der Waals surface area contributed by atoms with Gasteiger partial charge in [-0.1, -0.05) is 43.7 Å². The van der Waals surface area contributed by atoms with E-state index in [0.29, 0.717) is 17.9 Å².